The topological polar surface area (TPSA) is 156 Å². The SMILES string of the molecule is Nc1ncnc(N2CCC(N)(C(=O)N[C@@H](CC(N)O)c3ccc(Cl)cc3)CC2)c1Cl. The molecule has 2 heterocycles. The molecule has 0 radical (unpaired) electrons. The summed E-state index contributed by atoms with van der Waals surface area (Å²) >= 11 is 12.2. The lowest BCUT2D eigenvalue weighted by atomic mass is 9.87. The van der Waals surface area contributed by atoms with Crippen LogP contribution in [0.2, 0.25) is 10.0 Å². The fraction of sp³-hybridized carbons (Fsp3) is 0.421. The first-order valence-electron chi connectivity index (χ1n) is 9.49. The summed E-state index contributed by atoms with van der Waals surface area (Å²) in [5.41, 5.74) is 17.5. The van der Waals surface area contributed by atoms with Crippen LogP contribution < -0.4 is 27.4 Å². The minimum Gasteiger partial charge on any atom is -0.382 e. The average Bonchev–Trinajstić information content (AvgIpc) is 2.70. The Morgan fingerprint density at radius 1 is 1.23 bits per heavy atom. The van der Waals surface area contributed by atoms with E-state index in [0.29, 0.717) is 36.8 Å². The van der Waals surface area contributed by atoms with E-state index < -0.39 is 17.8 Å². The third-order valence-electron chi connectivity index (χ3n) is 5.26. The van der Waals surface area contributed by atoms with Gasteiger partial charge >= 0.3 is 0 Å². The van der Waals surface area contributed by atoms with Gasteiger partial charge in [0.1, 0.15) is 23.4 Å². The van der Waals surface area contributed by atoms with Crippen molar-refractivity contribution in [3.05, 3.63) is 46.2 Å². The molecule has 1 unspecified atom stereocenters. The molecule has 162 valence electrons. The van der Waals surface area contributed by atoms with Crippen molar-refractivity contribution >= 4 is 40.7 Å². The first-order chi connectivity index (χ1) is 14.2. The molecule has 1 aliphatic rings. The third-order valence-corrected chi connectivity index (χ3v) is 5.87. The van der Waals surface area contributed by atoms with Gasteiger partial charge in [-0.05, 0) is 30.5 Å². The molecule has 1 saturated heterocycles. The van der Waals surface area contributed by atoms with E-state index in [0.717, 1.165) is 5.56 Å². The predicted molar refractivity (Wildman–Crippen MR) is 117 cm³/mol. The number of aliphatic hydroxyl groups excluding tert-OH is 1. The second-order valence-corrected chi connectivity index (χ2v) is 8.23. The fourth-order valence-corrected chi connectivity index (χ4v) is 3.80. The molecule has 1 aromatic heterocycles. The molecular weight excluding hydrogens is 429 g/mol. The maximum absolute atomic E-state index is 13.0. The van der Waals surface area contributed by atoms with Crippen molar-refractivity contribution < 1.29 is 9.90 Å². The number of rotatable bonds is 6. The van der Waals surface area contributed by atoms with Crippen molar-refractivity contribution in [1.29, 1.82) is 0 Å². The predicted octanol–water partition coefficient (Wildman–Crippen LogP) is 1.19. The highest BCUT2D eigenvalue weighted by atomic mass is 35.5. The van der Waals surface area contributed by atoms with Gasteiger partial charge in [0.2, 0.25) is 5.91 Å². The first kappa shape index (κ1) is 22.5. The van der Waals surface area contributed by atoms with Crippen molar-refractivity contribution in [3.8, 4) is 0 Å². The van der Waals surface area contributed by atoms with Gasteiger partial charge in [-0.2, -0.15) is 0 Å². The second-order valence-electron chi connectivity index (χ2n) is 7.42. The molecule has 2 atom stereocenters. The molecule has 3 rings (SSSR count). The van der Waals surface area contributed by atoms with Crippen LogP contribution in [0.1, 0.15) is 30.9 Å². The molecule has 8 N–H and O–H groups in total. The van der Waals surface area contributed by atoms with E-state index in [2.05, 4.69) is 15.3 Å². The average molecular weight is 454 g/mol. The zero-order chi connectivity index (χ0) is 21.9. The van der Waals surface area contributed by atoms with Gasteiger partial charge in [-0.25, -0.2) is 9.97 Å². The number of nitrogens with one attached hydrogen (secondary N) is 1. The molecule has 0 saturated carbocycles. The highest BCUT2D eigenvalue weighted by Crippen LogP contribution is 2.31. The van der Waals surface area contributed by atoms with Crippen molar-refractivity contribution in [1.82, 2.24) is 15.3 Å². The lowest BCUT2D eigenvalue weighted by molar-refractivity contribution is -0.128. The van der Waals surface area contributed by atoms with Crippen LogP contribution in [0.5, 0.6) is 0 Å². The van der Waals surface area contributed by atoms with Crippen molar-refractivity contribution in [2.75, 3.05) is 23.7 Å². The number of anilines is 2. The molecule has 2 aromatic rings. The Morgan fingerprint density at radius 3 is 2.47 bits per heavy atom. The highest BCUT2D eigenvalue weighted by Gasteiger charge is 2.39. The van der Waals surface area contributed by atoms with E-state index in [4.69, 9.17) is 40.4 Å². The monoisotopic (exact) mass is 453 g/mol. The van der Waals surface area contributed by atoms with Crippen LogP contribution in [0.15, 0.2) is 30.6 Å². The van der Waals surface area contributed by atoms with Gasteiger partial charge in [0.05, 0.1) is 11.6 Å². The van der Waals surface area contributed by atoms with Crippen molar-refractivity contribution in [3.63, 3.8) is 0 Å². The minimum absolute atomic E-state index is 0.144. The van der Waals surface area contributed by atoms with E-state index >= 15 is 0 Å². The van der Waals surface area contributed by atoms with Gasteiger partial charge in [-0.3, -0.25) is 4.79 Å². The number of aliphatic hydroxyl groups is 1. The lowest BCUT2D eigenvalue weighted by Gasteiger charge is -2.39. The van der Waals surface area contributed by atoms with Crippen LogP contribution in [0, 0.1) is 0 Å². The van der Waals surface area contributed by atoms with Crippen LogP contribution in [0.25, 0.3) is 0 Å². The number of carbonyl (C=O) groups is 1. The molecule has 0 bridgehead atoms. The van der Waals surface area contributed by atoms with E-state index in [1.807, 2.05) is 4.90 Å². The summed E-state index contributed by atoms with van der Waals surface area (Å²) in [5, 5.41) is 13.5. The van der Waals surface area contributed by atoms with E-state index in [-0.39, 0.29) is 23.2 Å². The zero-order valence-electron chi connectivity index (χ0n) is 16.3. The Balaban J connectivity index is 1.69. The number of amides is 1. The first-order valence-corrected chi connectivity index (χ1v) is 10.2. The number of hydrogen-bond acceptors (Lipinski definition) is 8. The molecule has 0 aliphatic carbocycles. The van der Waals surface area contributed by atoms with Crippen molar-refractivity contribution in [2.45, 2.75) is 37.1 Å². The number of nitrogens with two attached hydrogens (primary N) is 3. The van der Waals surface area contributed by atoms with Crippen LogP contribution in [-0.4, -0.2) is 45.8 Å². The quantitative estimate of drug-likeness (QED) is 0.408. The Kier molecular flexibility index (Phi) is 6.99. The number of carbonyl (C=O) groups excluding carboxylic acids is 1. The van der Waals surface area contributed by atoms with Crippen LogP contribution in [-0.2, 0) is 4.79 Å². The van der Waals surface area contributed by atoms with Crippen LogP contribution in [0.4, 0.5) is 11.6 Å². The number of hydrogen-bond donors (Lipinski definition) is 5. The summed E-state index contributed by atoms with van der Waals surface area (Å²) in [7, 11) is 0. The molecule has 1 aromatic carbocycles. The number of nitrogens with zero attached hydrogens (tertiary/aromatic N) is 3. The van der Waals surface area contributed by atoms with Gasteiger partial charge < -0.3 is 32.5 Å². The molecule has 11 heteroatoms. The van der Waals surface area contributed by atoms with Gasteiger partial charge in [-0.15, -0.1) is 0 Å². The largest absolute Gasteiger partial charge is 0.382 e. The van der Waals surface area contributed by atoms with E-state index in [1.165, 1.54) is 6.33 Å². The molecular formula is C19H25Cl2N7O2. The molecule has 1 amide bonds. The van der Waals surface area contributed by atoms with E-state index in [9.17, 15) is 9.90 Å². The second kappa shape index (κ2) is 9.32. The molecule has 0 spiro atoms. The standard InChI is InChI=1S/C19H25Cl2N7O2/c20-12-3-1-11(2-4-12)13(9-14(22)29)27-18(30)19(24)5-7-28(8-6-19)17-15(21)16(23)25-10-26-17/h1-4,10,13-14,29H,5-9,22,24H2,(H,27,30)(H2,23,25,26)/t13-,14?/m0/s1. The lowest BCUT2D eigenvalue weighted by Crippen LogP contribution is -2.60. The van der Waals surface area contributed by atoms with Gasteiger partial charge in [0.15, 0.2) is 5.82 Å². The summed E-state index contributed by atoms with van der Waals surface area (Å²) < 4.78 is 0. The summed E-state index contributed by atoms with van der Waals surface area (Å²) in [4.78, 5) is 23.0. The molecule has 9 nitrogen and oxygen atoms in total. The smallest absolute Gasteiger partial charge is 0.240 e. The minimum atomic E-state index is -1.09. The number of aromatic nitrogens is 2. The summed E-state index contributed by atoms with van der Waals surface area (Å²) in [5.74, 6) is 0.420. The Hall–Kier alpha value is -2.17. The zero-order valence-corrected chi connectivity index (χ0v) is 17.8. The third kappa shape index (κ3) is 5.11. The molecule has 1 aliphatic heterocycles. The fourth-order valence-electron chi connectivity index (χ4n) is 3.46. The highest BCUT2D eigenvalue weighted by molar-refractivity contribution is 6.35. The van der Waals surface area contributed by atoms with Crippen LogP contribution in [0.3, 0.4) is 0 Å². The maximum Gasteiger partial charge on any atom is 0.240 e. The van der Waals surface area contributed by atoms with E-state index in [1.54, 1.807) is 24.3 Å². The van der Waals surface area contributed by atoms with Gasteiger partial charge in [0.25, 0.3) is 0 Å². The van der Waals surface area contributed by atoms with Gasteiger partial charge in [0, 0.05) is 24.5 Å². The number of piperidine rings is 1. The number of benzene rings is 1. The summed E-state index contributed by atoms with van der Waals surface area (Å²) in [6, 6.07) is 6.50. The Bertz CT molecular complexity index is 887. The number of halogens is 2. The van der Waals surface area contributed by atoms with Crippen molar-refractivity contribution in [2.24, 2.45) is 11.5 Å². The number of nitrogen functional groups attached to an aromatic ring is 1. The Morgan fingerprint density at radius 2 is 1.87 bits per heavy atom. The van der Waals surface area contributed by atoms with Gasteiger partial charge in [-0.1, -0.05) is 35.3 Å². The molecule has 1 fully saturated rings. The maximum atomic E-state index is 13.0. The molecule has 30 heavy (non-hydrogen) atoms. The summed E-state index contributed by atoms with van der Waals surface area (Å²) in [6.07, 6.45) is 1.18. The van der Waals surface area contributed by atoms with Crippen LogP contribution >= 0.6 is 23.2 Å². The normalized spacial score (nSPS) is 18.0. The Labute approximate surface area is 184 Å². The summed E-state index contributed by atoms with van der Waals surface area (Å²) in [6.45, 7) is 0.955.